The monoisotopic (exact) mass is 231 g/mol. The highest BCUT2D eigenvalue weighted by atomic mass is 16.5. The number of rotatable bonds is 2. The highest BCUT2D eigenvalue weighted by Crippen LogP contribution is 2.21. The Morgan fingerprint density at radius 3 is 2.12 bits per heavy atom. The molecular weight excluding hydrogens is 214 g/mol. The predicted molar refractivity (Wildman–Crippen MR) is 69.2 cm³/mol. The van der Waals surface area contributed by atoms with Crippen LogP contribution >= 0.6 is 0 Å². The van der Waals surface area contributed by atoms with Gasteiger partial charge >= 0.3 is 0 Å². The fraction of sp³-hybridized carbons (Fsp3) is 0.214. The molecule has 0 atom stereocenters. The number of nitrogens with zero attached hydrogens (tertiary/aromatic N) is 1. The second-order valence-electron chi connectivity index (χ2n) is 3.13. The quantitative estimate of drug-likeness (QED) is 0.860. The van der Waals surface area contributed by atoms with Crippen LogP contribution in [-0.2, 0) is 0 Å². The fourth-order valence-electron chi connectivity index (χ4n) is 1.32. The molecule has 0 saturated heterocycles. The molecular formula is C14H17NO2. The molecule has 1 aromatic heterocycles. The van der Waals surface area contributed by atoms with Crippen LogP contribution < -0.4 is 4.74 Å². The van der Waals surface area contributed by atoms with Crippen LogP contribution in [0.15, 0.2) is 42.6 Å². The number of benzene rings is 1. The first-order valence-corrected chi connectivity index (χ1v) is 5.59. The molecule has 2 rings (SSSR count). The van der Waals surface area contributed by atoms with Crippen molar-refractivity contribution in [3.8, 4) is 22.8 Å². The summed E-state index contributed by atoms with van der Waals surface area (Å²) in [6.07, 6.45) is 1.43. The van der Waals surface area contributed by atoms with E-state index in [1.54, 1.807) is 19.2 Å². The SMILES string of the molecule is CC.COc1ccc(-c2ccc(O)cn2)cc1. The maximum atomic E-state index is 9.10. The minimum absolute atomic E-state index is 0.173. The minimum Gasteiger partial charge on any atom is -0.506 e. The first kappa shape index (κ1) is 13.0. The molecule has 0 spiro atoms. The maximum absolute atomic E-state index is 9.10. The Kier molecular flexibility index (Phi) is 5.01. The third-order valence-electron chi connectivity index (χ3n) is 2.13. The van der Waals surface area contributed by atoms with E-state index in [1.807, 2.05) is 38.1 Å². The second-order valence-corrected chi connectivity index (χ2v) is 3.13. The molecule has 0 unspecified atom stereocenters. The van der Waals surface area contributed by atoms with Gasteiger partial charge < -0.3 is 9.84 Å². The average molecular weight is 231 g/mol. The molecule has 0 saturated carbocycles. The van der Waals surface area contributed by atoms with Crippen LogP contribution in [0.5, 0.6) is 11.5 Å². The van der Waals surface area contributed by atoms with Gasteiger partial charge in [-0.25, -0.2) is 0 Å². The summed E-state index contributed by atoms with van der Waals surface area (Å²) in [6.45, 7) is 4.00. The van der Waals surface area contributed by atoms with Crippen molar-refractivity contribution in [3.63, 3.8) is 0 Å². The van der Waals surface area contributed by atoms with Crippen molar-refractivity contribution in [2.24, 2.45) is 0 Å². The molecule has 3 heteroatoms. The van der Waals surface area contributed by atoms with Gasteiger partial charge in [0.15, 0.2) is 0 Å². The number of aromatic hydroxyl groups is 1. The number of ether oxygens (including phenoxy) is 1. The summed E-state index contributed by atoms with van der Waals surface area (Å²) in [7, 11) is 1.63. The van der Waals surface area contributed by atoms with E-state index in [-0.39, 0.29) is 5.75 Å². The van der Waals surface area contributed by atoms with Crippen molar-refractivity contribution in [1.29, 1.82) is 0 Å². The Hall–Kier alpha value is -2.03. The third-order valence-corrected chi connectivity index (χ3v) is 2.13. The summed E-state index contributed by atoms with van der Waals surface area (Å²) in [4.78, 5) is 4.11. The normalized spacial score (nSPS) is 9.12. The summed E-state index contributed by atoms with van der Waals surface area (Å²) in [5.41, 5.74) is 1.83. The lowest BCUT2D eigenvalue weighted by Gasteiger charge is -2.02. The van der Waals surface area contributed by atoms with E-state index in [2.05, 4.69) is 4.98 Å². The lowest BCUT2D eigenvalue weighted by Crippen LogP contribution is -1.84. The topological polar surface area (TPSA) is 42.4 Å². The number of pyridine rings is 1. The van der Waals surface area contributed by atoms with E-state index >= 15 is 0 Å². The van der Waals surface area contributed by atoms with E-state index in [9.17, 15) is 0 Å². The van der Waals surface area contributed by atoms with Gasteiger partial charge in [-0.15, -0.1) is 0 Å². The van der Waals surface area contributed by atoms with E-state index in [4.69, 9.17) is 9.84 Å². The number of hydrogen-bond donors (Lipinski definition) is 1. The standard InChI is InChI=1S/C12H11NO2.C2H6/c1-15-11-5-2-9(3-6-11)12-7-4-10(14)8-13-12;1-2/h2-8,14H,1H3;1-2H3. The first-order chi connectivity index (χ1) is 8.29. The molecule has 0 bridgehead atoms. The van der Waals surface area contributed by atoms with Gasteiger partial charge in [0.05, 0.1) is 19.0 Å². The van der Waals surface area contributed by atoms with Gasteiger partial charge in [-0.2, -0.15) is 0 Å². The minimum atomic E-state index is 0.173. The van der Waals surface area contributed by atoms with Crippen LogP contribution in [0.3, 0.4) is 0 Å². The van der Waals surface area contributed by atoms with Crippen molar-refractivity contribution < 1.29 is 9.84 Å². The molecule has 0 aliphatic rings. The number of hydrogen-bond acceptors (Lipinski definition) is 3. The third kappa shape index (κ3) is 3.48. The molecule has 0 aliphatic heterocycles. The Morgan fingerprint density at radius 2 is 1.65 bits per heavy atom. The van der Waals surface area contributed by atoms with Gasteiger partial charge in [-0.05, 0) is 36.4 Å². The molecule has 3 nitrogen and oxygen atoms in total. The molecule has 17 heavy (non-hydrogen) atoms. The van der Waals surface area contributed by atoms with Crippen molar-refractivity contribution in [2.75, 3.05) is 7.11 Å². The molecule has 0 radical (unpaired) electrons. The molecule has 0 amide bonds. The van der Waals surface area contributed by atoms with Crippen LogP contribution in [0.1, 0.15) is 13.8 Å². The van der Waals surface area contributed by atoms with Crippen molar-refractivity contribution in [2.45, 2.75) is 13.8 Å². The predicted octanol–water partition coefficient (Wildman–Crippen LogP) is 3.49. The lowest BCUT2D eigenvalue weighted by atomic mass is 10.1. The molecule has 2 aromatic rings. The maximum Gasteiger partial charge on any atom is 0.133 e. The Morgan fingerprint density at radius 1 is 1.00 bits per heavy atom. The van der Waals surface area contributed by atoms with E-state index in [0.29, 0.717) is 0 Å². The average Bonchev–Trinajstić information content (AvgIpc) is 2.42. The van der Waals surface area contributed by atoms with Crippen LogP contribution in [-0.4, -0.2) is 17.2 Å². The highest BCUT2D eigenvalue weighted by molar-refractivity contribution is 5.60. The summed E-state index contributed by atoms with van der Waals surface area (Å²) in [5, 5.41) is 9.10. The summed E-state index contributed by atoms with van der Waals surface area (Å²) >= 11 is 0. The molecule has 90 valence electrons. The van der Waals surface area contributed by atoms with Crippen LogP contribution in [0.2, 0.25) is 0 Å². The summed E-state index contributed by atoms with van der Waals surface area (Å²) < 4.78 is 5.06. The highest BCUT2D eigenvalue weighted by Gasteiger charge is 1.99. The molecule has 1 heterocycles. The van der Waals surface area contributed by atoms with E-state index < -0.39 is 0 Å². The van der Waals surface area contributed by atoms with Gasteiger partial charge in [-0.3, -0.25) is 4.98 Å². The zero-order valence-corrected chi connectivity index (χ0v) is 10.3. The number of methoxy groups -OCH3 is 1. The molecule has 1 aromatic carbocycles. The van der Waals surface area contributed by atoms with Gasteiger partial charge in [-0.1, -0.05) is 13.8 Å². The zero-order valence-electron chi connectivity index (χ0n) is 10.3. The smallest absolute Gasteiger partial charge is 0.133 e. The van der Waals surface area contributed by atoms with Crippen molar-refractivity contribution in [3.05, 3.63) is 42.6 Å². The number of aromatic nitrogens is 1. The molecule has 0 aliphatic carbocycles. The van der Waals surface area contributed by atoms with Crippen LogP contribution in [0.4, 0.5) is 0 Å². The Balaban J connectivity index is 0.000000686. The van der Waals surface area contributed by atoms with E-state index in [0.717, 1.165) is 17.0 Å². The zero-order chi connectivity index (χ0) is 12.7. The van der Waals surface area contributed by atoms with Gasteiger partial charge in [0.25, 0.3) is 0 Å². The van der Waals surface area contributed by atoms with Crippen molar-refractivity contribution in [1.82, 2.24) is 4.98 Å². The van der Waals surface area contributed by atoms with Gasteiger partial charge in [0, 0.05) is 5.56 Å². The Labute approximate surface area is 102 Å². The van der Waals surface area contributed by atoms with Gasteiger partial charge in [0.2, 0.25) is 0 Å². The van der Waals surface area contributed by atoms with Crippen LogP contribution in [0.25, 0.3) is 11.3 Å². The molecule has 1 N–H and O–H groups in total. The summed E-state index contributed by atoms with van der Waals surface area (Å²) in [5.74, 6) is 0.991. The van der Waals surface area contributed by atoms with Crippen molar-refractivity contribution >= 4 is 0 Å². The van der Waals surface area contributed by atoms with Crippen LogP contribution in [0, 0.1) is 0 Å². The largest absolute Gasteiger partial charge is 0.506 e. The fourth-order valence-corrected chi connectivity index (χ4v) is 1.32. The first-order valence-electron chi connectivity index (χ1n) is 5.59. The Bertz CT molecular complexity index is 435. The van der Waals surface area contributed by atoms with E-state index in [1.165, 1.54) is 6.20 Å². The molecule has 0 fully saturated rings. The summed E-state index contributed by atoms with van der Waals surface area (Å²) in [6, 6.07) is 11.0. The van der Waals surface area contributed by atoms with Gasteiger partial charge in [0.1, 0.15) is 11.5 Å². The lowest BCUT2D eigenvalue weighted by molar-refractivity contribution is 0.415. The second kappa shape index (κ2) is 6.53.